The van der Waals surface area contributed by atoms with Crippen LogP contribution in [-0.2, 0) is 4.79 Å². The quantitative estimate of drug-likeness (QED) is 0.686. The average molecular weight is 259 g/mol. The molecule has 98 valence electrons. The molecule has 7 nitrogen and oxygen atoms in total. The molecule has 0 aliphatic carbocycles. The maximum Gasteiger partial charge on any atom is 0.141 e. The van der Waals surface area contributed by atoms with Crippen LogP contribution < -0.4 is 9.84 Å². The Morgan fingerprint density at radius 2 is 2.00 bits per heavy atom. The largest absolute Gasteiger partial charge is 0.546 e. The maximum absolute atomic E-state index is 10.5. The number of carboxylic acid groups (broad SMARTS) is 1. The third-order valence-corrected chi connectivity index (χ3v) is 2.27. The van der Waals surface area contributed by atoms with Gasteiger partial charge in [-0.15, -0.1) is 10.2 Å². The van der Waals surface area contributed by atoms with E-state index >= 15 is 0 Å². The first-order chi connectivity index (χ1) is 9.15. The molecule has 0 spiro atoms. The third-order valence-electron chi connectivity index (χ3n) is 2.27. The van der Waals surface area contributed by atoms with E-state index in [2.05, 4.69) is 15.3 Å². The summed E-state index contributed by atoms with van der Waals surface area (Å²) in [5, 5.41) is 21.8. The van der Waals surface area contributed by atoms with Crippen molar-refractivity contribution in [3.05, 3.63) is 42.5 Å². The lowest BCUT2D eigenvalue weighted by Crippen LogP contribution is -2.37. The van der Waals surface area contributed by atoms with Crippen LogP contribution in [0.1, 0.15) is 12.5 Å². The number of aliphatic carboxylic acids is 1. The van der Waals surface area contributed by atoms with Crippen LogP contribution in [-0.4, -0.2) is 33.2 Å². The van der Waals surface area contributed by atoms with Gasteiger partial charge < -0.3 is 14.6 Å². The molecule has 0 aliphatic rings. The molecule has 0 saturated heterocycles. The van der Waals surface area contributed by atoms with Crippen molar-refractivity contribution in [2.45, 2.75) is 13.0 Å². The lowest BCUT2D eigenvalue weighted by molar-refractivity contribution is -0.312. The highest BCUT2D eigenvalue weighted by atomic mass is 16.5. The highest BCUT2D eigenvalue weighted by Crippen LogP contribution is 2.12. The van der Waals surface area contributed by atoms with E-state index in [0.717, 1.165) is 5.56 Å². The van der Waals surface area contributed by atoms with Gasteiger partial charge in [0.25, 0.3) is 0 Å². The first kappa shape index (κ1) is 12.7. The van der Waals surface area contributed by atoms with Gasteiger partial charge in [0.2, 0.25) is 0 Å². The fraction of sp³-hybridized carbons (Fsp3) is 0.167. The van der Waals surface area contributed by atoms with Crippen molar-refractivity contribution in [1.29, 1.82) is 0 Å². The molecule has 1 aromatic carbocycles. The number of nitrogens with zero attached hydrogens (tertiary/aromatic N) is 4. The Labute approximate surface area is 109 Å². The summed E-state index contributed by atoms with van der Waals surface area (Å²) in [5.41, 5.74) is 0.835. The van der Waals surface area contributed by atoms with Crippen LogP contribution in [0.5, 0.6) is 5.75 Å². The fourth-order valence-electron chi connectivity index (χ4n) is 1.27. The molecule has 0 amide bonds. The second-order valence-electron chi connectivity index (χ2n) is 3.73. The molecule has 1 heterocycles. The molecule has 0 bridgehead atoms. The summed E-state index contributed by atoms with van der Waals surface area (Å²) < 4.78 is 6.61. The summed E-state index contributed by atoms with van der Waals surface area (Å²) in [6.07, 6.45) is 3.57. The second kappa shape index (κ2) is 5.76. The molecular formula is C12H11N4O3-. The standard InChI is InChI=1S/C12H12N4O3/c1-9(12(17)18)19-11-4-2-10(3-5-11)6-15-16-7-13-14-8-16/h2-9H,1H3,(H,17,18)/p-1/b15-6-/t9-/m1/s1. The van der Waals surface area contributed by atoms with Gasteiger partial charge in [-0.05, 0) is 36.8 Å². The van der Waals surface area contributed by atoms with Crippen LogP contribution in [0.25, 0.3) is 0 Å². The number of carboxylic acids is 1. The van der Waals surface area contributed by atoms with Crippen molar-refractivity contribution in [1.82, 2.24) is 14.9 Å². The molecule has 0 N–H and O–H groups in total. The molecule has 1 aromatic heterocycles. The van der Waals surface area contributed by atoms with Gasteiger partial charge in [0.1, 0.15) is 24.5 Å². The molecule has 0 saturated carbocycles. The van der Waals surface area contributed by atoms with Gasteiger partial charge in [0, 0.05) is 0 Å². The number of carbonyl (C=O) groups is 1. The van der Waals surface area contributed by atoms with Crippen LogP contribution >= 0.6 is 0 Å². The zero-order valence-corrected chi connectivity index (χ0v) is 10.1. The summed E-state index contributed by atoms with van der Waals surface area (Å²) >= 11 is 0. The Morgan fingerprint density at radius 3 is 2.58 bits per heavy atom. The molecular weight excluding hydrogens is 248 g/mol. The van der Waals surface area contributed by atoms with Crippen molar-refractivity contribution >= 4 is 12.2 Å². The van der Waals surface area contributed by atoms with Crippen molar-refractivity contribution in [2.75, 3.05) is 0 Å². The number of hydrogen-bond donors (Lipinski definition) is 0. The lowest BCUT2D eigenvalue weighted by Gasteiger charge is -2.15. The zero-order chi connectivity index (χ0) is 13.7. The van der Waals surface area contributed by atoms with E-state index in [-0.39, 0.29) is 0 Å². The summed E-state index contributed by atoms with van der Waals surface area (Å²) in [7, 11) is 0. The van der Waals surface area contributed by atoms with E-state index in [1.807, 2.05) is 0 Å². The van der Waals surface area contributed by atoms with E-state index in [9.17, 15) is 9.90 Å². The number of ether oxygens (including phenoxy) is 1. The third kappa shape index (κ3) is 3.63. The van der Waals surface area contributed by atoms with E-state index in [4.69, 9.17) is 4.74 Å². The highest BCUT2D eigenvalue weighted by Gasteiger charge is 2.03. The van der Waals surface area contributed by atoms with Crippen LogP contribution in [0.4, 0.5) is 0 Å². The first-order valence-electron chi connectivity index (χ1n) is 5.52. The highest BCUT2D eigenvalue weighted by molar-refractivity contribution is 5.79. The topological polar surface area (TPSA) is 92.4 Å². The molecule has 0 aliphatic heterocycles. The fourth-order valence-corrected chi connectivity index (χ4v) is 1.27. The number of benzene rings is 1. The van der Waals surface area contributed by atoms with Gasteiger partial charge in [0.05, 0.1) is 12.2 Å². The normalized spacial score (nSPS) is 12.5. The monoisotopic (exact) mass is 259 g/mol. The van der Waals surface area contributed by atoms with Gasteiger partial charge in [-0.3, -0.25) is 0 Å². The molecule has 2 rings (SSSR count). The van der Waals surface area contributed by atoms with Crippen LogP contribution in [0.3, 0.4) is 0 Å². The van der Waals surface area contributed by atoms with E-state index in [1.165, 1.54) is 24.3 Å². The van der Waals surface area contributed by atoms with Crippen molar-refractivity contribution in [3.8, 4) is 5.75 Å². The van der Waals surface area contributed by atoms with Crippen LogP contribution in [0.15, 0.2) is 42.0 Å². The summed E-state index contributed by atoms with van der Waals surface area (Å²) in [6, 6.07) is 6.83. The lowest BCUT2D eigenvalue weighted by atomic mass is 10.2. The van der Waals surface area contributed by atoms with E-state index < -0.39 is 12.1 Å². The predicted octanol–water partition coefficient (Wildman–Crippen LogP) is -0.323. The minimum atomic E-state index is -1.25. The number of aromatic nitrogens is 3. The Bertz CT molecular complexity index is 563. The van der Waals surface area contributed by atoms with Gasteiger partial charge >= 0.3 is 0 Å². The Hall–Kier alpha value is -2.70. The molecule has 2 aromatic rings. The average Bonchev–Trinajstić information content (AvgIpc) is 2.91. The number of hydrogen-bond acceptors (Lipinski definition) is 6. The van der Waals surface area contributed by atoms with Crippen LogP contribution in [0.2, 0.25) is 0 Å². The molecule has 1 atom stereocenters. The van der Waals surface area contributed by atoms with Crippen molar-refractivity contribution < 1.29 is 14.6 Å². The molecule has 0 radical (unpaired) electrons. The maximum atomic E-state index is 10.5. The van der Waals surface area contributed by atoms with Gasteiger partial charge in [0.15, 0.2) is 0 Å². The van der Waals surface area contributed by atoms with Crippen LogP contribution in [0, 0.1) is 0 Å². The van der Waals surface area contributed by atoms with E-state index in [1.54, 1.807) is 30.5 Å². The summed E-state index contributed by atoms with van der Waals surface area (Å²) in [4.78, 5) is 10.5. The Kier molecular flexibility index (Phi) is 3.87. The summed E-state index contributed by atoms with van der Waals surface area (Å²) in [6.45, 7) is 1.41. The van der Waals surface area contributed by atoms with E-state index in [0.29, 0.717) is 5.75 Å². The molecule has 19 heavy (non-hydrogen) atoms. The second-order valence-corrected chi connectivity index (χ2v) is 3.73. The predicted molar refractivity (Wildman–Crippen MR) is 64.6 cm³/mol. The minimum absolute atomic E-state index is 0.457. The SMILES string of the molecule is C[C@@H](Oc1ccc(/C=N\n2cnnc2)cc1)C(=O)[O-]. The van der Waals surface area contributed by atoms with Gasteiger partial charge in [-0.25, -0.2) is 4.68 Å². The van der Waals surface area contributed by atoms with Gasteiger partial charge in [-0.1, -0.05) is 0 Å². The smallest absolute Gasteiger partial charge is 0.141 e. The first-order valence-corrected chi connectivity index (χ1v) is 5.52. The Balaban J connectivity index is 2.00. The minimum Gasteiger partial charge on any atom is -0.546 e. The van der Waals surface area contributed by atoms with Gasteiger partial charge in [-0.2, -0.15) is 5.10 Å². The molecule has 0 fully saturated rings. The molecule has 7 heteroatoms. The van der Waals surface area contributed by atoms with Crippen molar-refractivity contribution in [3.63, 3.8) is 0 Å². The zero-order valence-electron chi connectivity index (χ0n) is 10.1. The summed E-state index contributed by atoms with van der Waals surface area (Å²) in [5.74, 6) is -0.795. The Morgan fingerprint density at radius 1 is 1.37 bits per heavy atom. The number of carbonyl (C=O) groups excluding carboxylic acids is 1. The van der Waals surface area contributed by atoms with Crippen molar-refractivity contribution in [2.24, 2.45) is 5.10 Å². The molecule has 0 unspecified atom stereocenters. The number of rotatable bonds is 5.